The first kappa shape index (κ1) is 22.4. The topological polar surface area (TPSA) is 124 Å². The highest BCUT2D eigenvalue weighted by atomic mass is 16.4. The van der Waals surface area contributed by atoms with Crippen LogP contribution in [-0.2, 0) is 9.59 Å². The summed E-state index contributed by atoms with van der Waals surface area (Å²) in [4.78, 5) is 37.3. The second-order valence-corrected chi connectivity index (χ2v) is 10.3. The number of hydrogen-bond acceptors (Lipinski definition) is 5. The number of rotatable bonds is 5. The molecule has 172 valence electrons. The summed E-state index contributed by atoms with van der Waals surface area (Å²) in [7, 11) is 0. The SMILES string of the molecule is C=C1CC23CCC1CC2[C@](C)(CCC(=O)Nc1c(O)ccc(C(=O)O)c1O)C(=O)C(C)C3. The Kier molecular flexibility index (Phi) is 5.34. The number of phenolic OH excluding ortho intramolecular Hbond substituents is 1. The summed E-state index contributed by atoms with van der Waals surface area (Å²) in [5.41, 5.74) is 0.0195. The van der Waals surface area contributed by atoms with Gasteiger partial charge in [-0.2, -0.15) is 0 Å². The minimum absolute atomic E-state index is 0.0311. The molecule has 5 rings (SSSR count). The predicted molar refractivity (Wildman–Crippen MR) is 119 cm³/mol. The van der Waals surface area contributed by atoms with Crippen molar-refractivity contribution in [1.82, 2.24) is 0 Å². The molecule has 1 spiro atoms. The molecule has 4 aliphatic carbocycles. The van der Waals surface area contributed by atoms with Crippen LogP contribution in [-0.4, -0.2) is 33.0 Å². The van der Waals surface area contributed by atoms with E-state index in [1.165, 1.54) is 5.57 Å². The van der Waals surface area contributed by atoms with Gasteiger partial charge >= 0.3 is 5.97 Å². The van der Waals surface area contributed by atoms with Crippen molar-refractivity contribution in [2.45, 2.75) is 58.8 Å². The van der Waals surface area contributed by atoms with E-state index < -0.39 is 34.4 Å². The third-order valence-corrected chi connectivity index (χ3v) is 8.42. The van der Waals surface area contributed by atoms with Crippen molar-refractivity contribution in [2.24, 2.45) is 28.6 Å². The molecule has 1 aromatic rings. The minimum Gasteiger partial charge on any atom is -0.506 e. The molecule has 4 aliphatic rings. The first-order valence-corrected chi connectivity index (χ1v) is 11.3. The molecule has 32 heavy (non-hydrogen) atoms. The Morgan fingerprint density at radius 1 is 1.28 bits per heavy atom. The van der Waals surface area contributed by atoms with E-state index in [0.717, 1.165) is 44.2 Å². The van der Waals surface area contributed by atoms with E-state index in [1.54, 1.807) is 0 Å². The number of allylic oxidation sites excluding steroid dienone is 1. The van der Waals surface area contributed by atoms with Crippen molar-refractivity contribution in [3.05, 3.63) is 29.8 Å². The molecule has 4 saturated carbocycles. The number of aromatic hydroxyl groups is 2. The summed E-state index contributed by atoms with van der Waals surface area (Å²) in [5.74, 6) is -2.16. The van der Waals surface area contributed by atoms with E-state index in [9.17, 15) is 24.6 Å². The van der Waals surface area contributed by atoms with Crippen molar-refractivity contribution in [1.29, 1.82) is 0 Å². The number of carbonyl (C=O) groups excluding carboxylic acids is 2. The van der Waals surface area contributed by atoms with Crippen LogP contribution in [0.15, 0.2) is 24.3 Å². The number of Topliss-reactive ketones (excluding diaryl/α,β-unsaturated/α-hetero) is 1. The fourth-order valence-electron chi connectivity index (χ4n) is 6.91. The number of ketones is 1. The highest BCUT2D eigenvalue weighted by Crippen LogP contribution is 2.66. The molecule has 7 nitrogen and oxygen atoms in total. The fourth-order valence-corrected chi connectivity index (χ4v) is 6.91. The highest BCUT2D eigenvalue weighted by Gasteiger charge is 2.61. The summed E-state index contributed by atoms with van der Waals surface area (Å²) in [6.45, 7) is 8.28. The van der Waals surface area contributed by atoms with Gasteiger partial charge in [-0.3, -0.25) is 9.59 Å². The molecule has 4 N–H and O–H groups in total. The predicted octanol–water partition coefficient (Wildman–Crippen LogP) is 4.49. The summed E-state index contributed by atoms with van der Waals surface area (Å²) < 4.78 is 0. The second-order valence-electron chi connectivity index (χ2n) is 10.3. The molecule has 1 amide bonds. The number of nitrogens with one attached hydrogen (secondary N) is 1. The van der Waals surface area contributed by atoms with Crippen LogP contribution in [0.5, 0.6) is 11.5 Å². The zero-order valence-electron chi connectivity index (χ0n) is 18.6. The Hall–Kier alpha value is -2.83. The molecule has 0 heterocycles. The van der Waals surface area contributed by atoms with Crippen LogP contribution in [0.2, 0.25) is 0 Å². The van der Waals surface area contributed by atoms with Crippen LogP contribution < -0.4 is 5.32 Å². The van der Waals surface area contributed by atoms with Gasteiger partial charge in [0.15, 0.2) is 5.75 Å². The lowest BCUT2D eigenvalue weighted by Crippen LogP contribution is -2.58. The molecule has 5 atom stereocenters. The van der Waals surface area contributed by atoms with E-state index in [1.807, 2.05) is 13.8 Å². The lowest BCUT2D eigenvalue weighted by atomic mass is 9.41. The fraction of sp³-hybridized carbons (Fsp3) is 0.560. The first-order valence-electron chi connectivity index (χ1n) is 11.3. The average molecular weight is 442 g/mol. The highest BCUT2D eigenvalue weighted by molar-refractivity contribution is 5.99. The third-order valence-electron chi connectivity index (χ3n) is 8.42. The number of anilines is 1. The number of amides is 1. The summed E-state index contributed by atoms with van der Waals surface area (Å²) in [6, 6.07) is 2.18. The molecule has 7 heteroatoms. The van der Waals surface area contributed by atoms with E-state index in [2.05, 4.69) is 11.9 Å². The molecule has 0 aliphatic heterocycles. The van der Waals surface area contributed by atoms with Crippen molar-refractivity contribution in [3.8, 4) is 11.5 Å². The summed E-state index contributed by atoms with van der Waals surface area (Å²) in [5, 5.41) is 31.8. The molecular formula is C25H31NO6. The third kappa shape index (κ3) is 3.38. The number of benzene rings is 1. The molecule has 1 aromatic carbocycles. The normalized spacial score (nSPS) is 33.6. The van der Waals surface area contributed by atoms with Crippen LogP contribution >= 0.6 is 0 Å². The number of aromatic carboxylic acids is 1. The molecule has 0 aromatic heterocycles. The van der Waals surface area contributed by atoms with Gasteiger partial charge in [0, 0.05) is 17.8 Å². The Labute approximate surface area is 187 Å². The van der Waals surface area contributed by atoms with E-state index in [0.29, 0.717) is 12.3 Å². The monoisotopic (exact) mass is 441 g/mol. The first-order chi connectivity index (χ1) is 15.0. The number of hydrogen-bond donors (Lipinski definition) is 4. The maximum Gasteiger partial charge on any atom is 0.339 e. The smallest absolute Gasteiger partial charge is 0.339 e. The number of carbonyl (C=O) groups is 3. The molecule has 2 bridgehead atoms. The van der Waals surface area contributed by atoms with Gasteiger partial charge in [-0.1, -0.05) is 26.0 Å². The van der Waals surface area contributed by atoms with Gasteiger partial charge < -0.3 is 20.6 Å². The van der Waals surface area contributed by atoms with Gasteiger partial charge in [-0.15, -0.1) is 0 Å². The van der Waals surface area contributed by atoms with E-state index in [-0.39, 0.29) is 35.1 Å². The Morgan fingerprint density at radius 2 is 2.00 bits per heavy atom. The van der Waals surface area contributed by atoms with Gasteiger partial charge in [0.1, 0.15) is 22.8 Å². The Balaban J connectivity index is 1.53. The minimum atomic E-state index is -1.37. The molecule has 4 unspecified atom stereocenters. The van der Waals surface area contributed by atoms with Crippen LogP contribution in [0.3, 0.4) is 0 Å². The van der Waals surface area contributed by atoms with E-state index >= 15 is 0 Å². The van der Waals surface area contributed by atoms with Gasteiger partial charge in [-0.25, -0.2) is 4.79 Å². The Morgan fingerprint density at radius 3 is 2.66 bits per heavy atom. The molecule has 4 fully saturated rings. The van der Waals surface area contributed by atoms with Crippen LogP contribution in [0, 0.1) is 28.6 Å². The maximum absolute atomic E-state index is 13.4. The van der Waals surface area contributed by atoms with Crippen LogP contribution in [0.4, 0.5) is 5.69 Å². The molecule has 0 saturated heterocycles. The van der Waals surface area contributed by atoms with Gasteiger partial charge in [0.25, 0.3) is 0 Å². The van der Waals surface area contributed by atoms with E-state index in [4.69, 9.17) is 5.11 Å². The largest absolute Gasteiger partial charge is 0.506 e. The number of phenols is 2. The summed E-state index contributed by atoms with van der Waals surface area (Å²) in [6.07, 6.45) is 5.42. The van der Waals surface area contributed by atoms with Gasteiger partial charge in [-0.05, 0) is 67.9 Å². The number of carboxylic acids is 1. The Bertz CT molecular complexity index is 1020. The van der Waals surface area contributed by atoms with Crippen molar-refractivity contribution >= 4 is 23.3 Å². The standard InChI is InChI=1S/C25H31NO6/c1-13-11-25-9-6-15(13)10-18(25)24(3,22(30)14(2)12-25)8-7-19(28)26-20-17(27)5-4-16(21(20)29)23(31)32/h4-5,14-15,18,27,29H,1,6-12H2,2-3H3,(H,26,28)(H,31,32)/t14?,15?,18?,24-,25?/m0/s1. The van der Waals surface area contributed by atoms with Crippen molar-refractivity contribution in [3.63, 3.8) is 0 Å². The average Bonchev–Trinajstić information content (AvgIpc) is 2.73. The maximum atomic E-state index is 13.4. The number of fused-ring (bicyclic) bond motifs is 2. The lowest BCUT2D eigenvalue weighted by molar-refractivity contribution is -0.160. The van der Waals surface area contributed by atoms with Crippen molar-refractivity contribution in [2.75, 3.05) is 5.32 Å². The van der Waals surface area contributed by atoms with Crippen molar-refractivity contribution < 1.29 is 29.7 Å². The van der Waals surface area contributed by atoms with Crippen LogP contribution in [0.1, 0.15) is 69.2 Å². The molecule has 0 radical (unpaired) electrons. The quantitative estimate of drug-likeness (QED) is 0.394. The lowest BCUT2D eigenvalue weighted by Gasteiger charge is -2.62. The van der Waals surface area contributed by atoms with Gasteiger partial charge in [0.2, 0.25) is 5.91 Å². The molecular weight excluding hydrogens is 410 g/mol. The summed E-state index contributed by atoms with van der Waals surface area (Å²) >= 11 is 0. The zero-order chi connectivity index (χ0) is 23.4. The van der Waals surface area contributed by atoms with Crippen LogP contribution in [0.25, 0.3) is 0 Å². The number of carboxylic acid groups (broad SMARTS) is 1. The zero-order valence-corrected chi connectivity index (χ0v) is 18.6. The van der Waals surface area contributed by atoms with Gasteiger partial charge in [0.05, 0.1) is 0 Å². The second kappa shape index (κ2) is 7.64.